The van der Waals surface area contributed by atoms with Crippen molar-refractivity contribution < 1.29 is 4.74 Å². The van der Waals surface area contributed by atoms with E-state index in [4.69, 9.17) is 4.74 Å². The fourth-order valence-electron chi connectivity index (χ4n) is 2.30. The number of aryl methyl sites for hydroxylation is 2. The molecule has 0 radical (unpaired) electrons. The second-order valence-corrected chi connectivity index (χ2v) is 4.37. The molecule has 1 aliphatic rings. The van der Waals surface area contributed by atoms with E-state index in [1.165, 1.54) is 0 Å². The summed E-state index contributed by atoms with van der Waals surface area (Å²) in [6.45, 7) is 6.37. The number of aromatic nitrogens is 2. The Bertz CT molecular complexity index is 446. The SMILES string of the molecule is CCC1CN(c2c(C#N)c(C)nn2C)CCO1. The van der Waals surface area contributed by atoms with Crippen LogP contribution >= 0.6 is 0 Å². The molecule has 1 atom stereocenters. The maximum Gasteiger partial charge on any atom is 0.145 e. The number of morpholine rings is 1. The number of rotatable bonds is 2. The highest BCUT2D eigenvalue weighted by atomic mass is 16.5. The molecule has 1 aromatic rings. The summed E-state index contributed by atoms with van der Waals surface area (Å²) in [5, 5.41) is 13.5. The molecule has 0 N–H and O–H groups in total. The van der Waals surface area contributed by atoms with E-state index in [1.54, 1.807) is 4.68 Å². The average Bonchev–Trinajstić information content (AvgIpc) is 2.63. The normalized spacial score (nSPS) is 20.4. The molecule has 2 heterocycles. The molecule has 1 aliphatic heterocycles. The lowest BCUT2D eigenvalue weighted by atomic mass is 10.2. The molecule has 0 spiro atoms. The van der Waals surface area contributed by atoms with E-state index in [2.05, 4.69) is 23.0 Å². The molecule has 0 amide bonds. The van der Waals surface area contributed by atoms with Gasteiger partial charge in [0.1, 0.15) is 17.5 Å². The lowest BCUT2D eigenvalue weighted by molar-refractivity contribution is 0.0379. The van der Waals surface area contributed by atoms with Gasteiger partial charge in [0, 0.05) is 20.1 Å². The minimum absolute atomic E-state index is 0.255. The van der Waals surface area contributed by atoms with E-state index in [-0.39, 0.29) is 6.10 Å². The Morgan fingerprint density at radius 2 is 2.35 bits per heavy atom. The van der Waals surface area contributed by atoms with Crippen LogP contribution in [0.4, 0.5) is 5.82 Å². The Labute approximate surface area is 102 Å². The van der Waals surface area contributed by atoms with Crippen LogP contribution in [0.15, 0.2) is 0 Å². The number of hydrogen-bond acceptors (Lipinski definition) is 4. The third-order valence-corrected chi connectivity index (χ3v) is 3.20. The first-order valence-electron chi connectivity index (χ1n) is 5.97. The molecular formula is C12H18N4O. The predicted octanol–water partition coefficient (Wildman–Crippen LogP) is 1.22. The second-order valence-electron chi connectivity index (χ2n) is 4.37. The van der Waals surface area contributed by atoms with Gasteiger partial charge in [-0.1, -0.05) is 6.92 Å². The molecular weight excluding hydrogens is 216 g/mol. The van der Waals surface area contributed by atoms with Crippen molar-refractivity contribution in [1.82, 2.24) is 9.78 Å². The molecule has 0 aliphatic carbocycles. The van der Waals surface area contributed by atoms with Gasteiger partial charge in [0.25, 0.3) is 0 Å². The number of nitriles is 1. The largest absolute Gasteiger partial charge is 0.375 e. The summed E-state index contributed by atoms with van der Waals surface area (Å²) in [6, 6.07) is 2.25. The van der Waals surface area contributed by atoms with Crippen molar-refractivity contribution in [1.29, 1.82) is 5.26 Å². The first-order valence-corrected chi connectivity index (χ1v) is 5.97. The number of anilines is 1. The van der Waals surface area contributed by atoms with E-state index in [0.29, 0.717) is 12.2 Å². The highest BCUT2D eigenvalue weighted by Gasteiger charge is 2.25. The van der Waals surface area contributed by atoms with Gasteiger partial charge in [0.05, 0.1) is 18.4 Å². The summed E-state index contributed by atoms with van der Waals surface area (Å²) in [4.78, 5) is 2.20. The highest BCUT2D eigenvalue weighted by molar-refractivity contribution is 5.57. The zero-order valence-corrected chi connectivity index (χ0v) is 10.6. The summed E-state index contributed by atoms with van der Waals surface area (Å²) >= 11 is 0. The molecule has 5 nitrogen and oxygen atoms in total. The van der Waals surface area contributed by atoms with Crippen molar-refractivity contribution in [3.05, 3.63) is 11.3 Å². The van der Waals surface area contributed by atoms with Gasteiger partial charge in [-0.25, -0.2) is 0 Å². The van der Waals surface area contributed by atoms with Crippen molar-refractivity contribution >= 4 is 5.82 Å². The maximum absolute atomic E-state index is 9.21. The third-order valence-electron chi connectivity index (χ3n) is 3.20. The van der Waals surface area contributed by atoms with Gasteiger partial charge in [0.15, 0.2) is 0 Å². The minimum Gasteiger partial charge on any atom is -0.375 e. The molecule has 0 saturated carbocycles. The molecule has 0 aromatic carbocycles. The first-order chi connectivity index (χ1) is 8.17. The Morgan fingerprint density at radius 1 is 1.59 bits per heavy atom. The Kier molecular flexibility index (Phi) is 3.34. The van der Waals surface area contributed by atoms with Crippen molar-refractivity contribution in [2.45, 2.75) is 26.4 Å². The first kappa shape index (κ1) is 11.9. The molecule has 1 fully saturated rings. The van der Waals surface area contributed by atoms with Crippen LogP contribution in [0.25, 0.3) is 0 Å². The van der Waals surface area contributed by atoms with Crippen molar-refractivity contribution in [3.8, 4) is 6.07 Å². The molecule has 0 bridgehead atoms. The van der Waals surface area contributed by atoms with Crippen LogP contribution in [0.2, 0.25) is 0 Å². The Hall–Kier alpha value is -1.54. The van der Waals surface area contributed by atoms with Crippen LogP contribution in [0, 0.1) is 18.3 Å². The van der Waals surface area contributed by atoms with E-state index in [9.17, 15) is 5.26 Å². The average molecular weight is 234 g/mol. The third kappa shape index (κ3) is 2.13. The van der Waals surface area contributed by atoms with E-state index in [1.807, 2.05) is 14.0 Å². The monoisotopic (exact) mass is 234 g/mol. The van der Waals surface area contributed by atoms with Gasteiger partial charge >= 0.3 is 0 Å². The van der Waals surface area contributed by atoms with Gasteiger partial charge in [-0.05, 0) is 13.3 Å². The van der Waals surface area contributed by atoms with Crippen LogP contribution in [0.5, 0.6) is 0 Å². The van der Waals surface area contributed by atoms with Crippen LogP contribution in [-0.4, -0.2) is 35.6 Å². The standard InChI is InChI=1S/C12H18N4O/c1-4-10-8-16(5-6-17-10)12-11(7-13)9(2)14-15(12)3/h10H,4-6,8H2,1-3H3. The minimum atomic E-state index is 0.255. The fraction of sp³-hybridized carbons (Fsp3) is 0.667. The highest BCUT2D eigenvalue weighted by Crippen LogP contribution is 2.24. The van der Waals surface area contributed by atoms with Crippen LogP contribution in [-0.2, 0) is 11.8 Å². The van der Waals surface area contributed by atoms with Gasteiger partial charge in [-0.15, -0.1) is 0 Å². The molecule has 1 aromatic heterocycles. The predicted molar refractivity (Wildman–Crippen MR) is 64.9 cm³/mol. The molecule has 1 unspecified atom stereocenters. The number of hydrogen-bond donors (Lipinski definition) is 0. The number of ether oxygens (including phenoxy) is 1. The quantitative estimate of drug-likeness (QED) is 0.772. The summed E-state index contributed by atoms with van der Waals surface area (Å²) < 4.78 is 7.44. The van der Waals surface area contributed by atoms with Gasteiger partial charge < -0.3 is 9.64 Å². The second kappa shape index (κ2) is 4.76. The van der Waals surface area contributed by atoms with Gasteiger partial charge in [-0.3, -0.25) is 4.68 Å². The van der Waals surface area contributed by atoms with Gasteiger partial charge in [0.2, 0.25) is 0 Å². The summed E-state index contributed by atoms with van der Waals surface area (Å²) in [5.74, 6) is 0.923. The van der Waals surface area contributed by atoms with Crippen molar-refractivity contribution in [2.24, 2.45) is 7.05 Å². The van der Waals surface area contributed by atoms with E-state index >= 15 is 0 Å². The van der Waals surface area contributed by atoms with Gasteiger partial charge in [-0.2, -0.15) is 10.4 Å². The summed E-state index contributed by atoms with van der Waals surface area (Å²) in [7, 11) is 1.89. The molecule has 92 valence electrons. The Balaban J connectivity index is 2.30. The van der Waals surface area contributed by atoms with Crippen LogP contribution in [0.3, 0.4) is 0 Å². The van der Waals surface area contributed by atoms with Crippen LogP contribution < -0.4 is 4.90 Å². The summed E-state index contributed by atoms with van der Waals surface area (Å²) in [5.41, 5.74) is 1.48. The molecule has 1 saturated heterocycles. The number of nitrogens with zero attached hydrogens (tertiary/aromatic N) is 4. The summed E-state index contributed by atoms with van der Waals surface area (Å²) in [6.07, 6.45) is 1.25. The van der Waals surface area contributed by atoms with Crippen molar-refractivity contribution in [3.63, 3.8) is 0 Å². The van der Waals surface area contributed by atoms with E-state index < -0.39 is 0 Å². The Morgan fingerprint density at radius 3 is 3.00 bits per heavy atom. The zero-order chi connectivity index (χ0) is 12.4. The topological polar surface area (TPSA) is 54.1 Å². The molecule has 2 rings (SSSR count). The lowest BCUT2D eigenvalue weighted by Crippen LogP contribution is -2.43. The smallest absolute Gasteiger partial charge is 0.145 e. The molecule has 5 heteroatoms. The van der Waals surface area contributed by atoms with E-state index in [0.717, 1.165) is 31.0 Å². The zero-order valence-electron chi connectivity index (χ0n) is 10.6. The molecule has 17 heavy (non-hydrogen) atoms. The maximum atomic E-state index is 9.21. The lowest BCUT2D eigenvalue weighted by Gasteiger charge is -2.33. The van der Waals surface area contributed by atoms with Crippen molar-refractivity contribution in [2.75, 3.05) is 24.6 Å². The van der Waals surface area contributed by atoms with Crippen LogP contribution in [0.1, 0.15) is 24.6 Å². The fourth-order valence-corrected chi connectivity index (χ4v) is 2.30.